The van der Waals surface area contributed by atoms with Gasteiger partial charge in [0.25, 0.3) is 11.8 Å². The molecule has 0 spiro atoms. The number of rotatable bonds is 12. The highest BCUT2D eigenvalue weighted by Gasteiger charge is 2.37. The fourth-order valence-corrected chi connectivity index (χ4v) is 5.66. The summed E-state index contributed by atoms with van der Waals surface area (Å²) in [6.07, 6.45) is 3.04. The molecule has 0 aliphatic carbocycles. The molecule has 1 aliphatic rings. The van der Waals surface area contributed by atoms with Crippen molar-refractivity contribution in [2.75, 3.05) is 11.5 Å². The normalized spacial score (nSPS) is 14.2. The lowest BCUT2D eigenvalue weighted by molar-refractivity contribution is -0.122. The molecule has 0 radical (unpaired) electrons. The summed E-state index contributed by atoms with van der Waals surface area (Å²) in [5.74, 6) is -1.17. The van der Waals surface area contributed by atoms with Gasteiger partial charge in [-0.15, -0.1) is 6.58 Å². The predicted octanol–water partition coefficient (Wildman–Crippen LogP) is 5.83. The number of hydrogen-bond acceptors (Lipinski definition) is 8. The van der Waals surface area contributed by atoms with Crippen LogP contribution in [0.2, 0.25) is 0 Å². The number of urea groups is 1. The predicted molar refractivity (Wildman–Crippen MR) is 172 cm³/mol. The second kappa shape index (κ2) is 14.0. The molecule has 0 saturated carbocycles. The summed E-state index contributed by atoms with van der Waals surface area (Å²) in [6, 6.07) is 25.7. The van der Waals surface area contributed by atoms with Gasteiger partial charge < -0.3 is 13.7 Å². The fourth-order valence-electron chi connectivity index (χ4n) is 4.67. The third kappa shape index (κ3) is 7.16. The van der Waals surface area contributed by atoms with Gasteiger partial charge >= 0.3 is 16.1 Å². The Morgan fingerprint density at radius 1 is 0.870 bits per heavy atom. The number of nitrogens with zero attached hydrogens (tertiary/aromatic N) is 1. The summed E-state index contributed by atoms with van der Waals surface area (Å²) in [6.45, 7) is 5.97. The van der Waals surface area contributed by atoms with E-state index >= 15 is 0 Å². The summed E-state index contributed by atoms with van der Waals surface area (Å²) in [7, 11) is -4.22. The van der Waals surface area contributed by atoms with Crippen LogP contribution in [0, 0.1) is 0 Å². The second-order valence-corrected chi connectivity index (χ2v) is 11.6. The number of hydrogen-bond donors (Lipinski definition) is 1. The van der Waals surface area contributed by atoms with Gasteiger partial charge in [0.05, 0.1) is 12.3 Å². The van der Waals surface area contributed by atoms with Crippen LogP contribution in [0.3, 0.4) is 0 Å². The SMILES string of the molecule is C=CCc1cc(/C=C2\C(=O)NC(=O)N(c3ccc(OCc4ccccc4)cc3)C2=O)cc(OCC)c1OS(=O)(=O)c1ccccc1. The molecular weight excluding hydrogens is 608 g/mol. The third-order valence-electron chi connectivity index (χ3n) is 6.80. The molecule has 4 aromatic carbocycles. The molecule has 234 valence electrons. The number of carbonyl (C=O) groups is 3. The van der Waals surface area contributed by atoms with Crippen molar-refractivity contribution in [3.63, 3.8) is 0 Å². The molecule has 10 nitrogen and oxygen atoms in total. The first-order valence-electron chi connectivity index (χ1n) is 14.3. The van der Waals surface area contributed by atoms with Gasteiger partial charge in [-0.2, -0.15) is 8.42 Å². The largest absolute Gasteiger partial charge is 0.490 e. The first-order chi connectivity index (χ1) is 22.2. The van der Waals surface area contributed by atoms with Crippen molar-refractivity contribution in [3.05, 3.63) is 132 Å². The maximum Gasteiger partial charge on any atom is 0.339 e. The molecule has 11 heteroatoms. The van der Waals surface area contributed by atoms with Crippen molar-refractivity contribution >= 4 is 39.7 Å². The van der Waals surface area contributed by atoms with E-state index in [4.69, 9.17) is 13.7 Å². The van der Waals surface area contributed by atoms with Crippen LogP contribution in [0.25, 0.3) is 6.08 Å². The third-order valence-corrected chi connectivity index (χ3v) is 8.03. The number of benzene rings is 4. The molecule has 4 aromatic rings. The monoisotopic (exact) mass is 638 g/mol. The number of carbonyl (C=O) groups excluding carboxylic acids is 3. The maximum absolute atomic E-state index is 13.6. The summed E-state index contributed by atoms with van der Waals surface area (Å²) in [4.78, 5) is 40.1. The van der Waals surface area contributed by atoms with Crippen LogP contribution in [0.5, 0.6) is 17.2 Å². The van der Waals surface area contributed by atoms with E-state index in [1.165, 1.54) is 24.3 Å². The number of nitrogens with one attached hydrogen (secondary N) is 1. The first-order valence-corrected chi connectivity index (χ1v) is 15.7. The molecular formula is C35H30N2O8S. The van der Waals surface area contributed by atoms with Crippen molar-refractivity contribution in [2.45, 2.75) is 24.8 Å². The lowest BCUT2D eigenvalue weighted by atomic mass is 10.0. The second-order valence-electron chi connectivity index (χ2n) is 10.0. The van der Waals surface area contributed by atoms with Crippen LogP contribution in [-0.4, -0.2) is 32.9 Å². The van der Waals surface area contributed by atoms with E-state index in [0.29, 0.717) is 23.5 Å². The molecule has 4 amide bonds. The maximum atomic E-state index is 13.6. The summed E-state index contributed by atoms with van der Waals surface area (Å²) in [5, 5.41) is 2.21. The van der Waals surface area contributed by atoms with Crippen LogP contribution in [0.4, 0.5) is 10.5 Å². The molecule has 1 saturated heterocycles. The minimum Gasteiger partial charge on any atom is -0.490 e. The Kier molecular flexibility index (Phi) is 9.63. The van der Waals surface area contributed by atoms with E-state index in [1.54, 1.807) is 61.5 Å². The molecule has 0 aromatic heterocycles. The van der Waals surface area contributed by atoms with E-state index in [9.17, 15) is 22.8 Å². The van der Waals surface area contributed by atoms with Gasteiger partial charge in [-0.05, 0) is 79.1 Å². The Balaban J connectivity index is 1.45. The molecule has 0 bridgehead atoms. The number of amides is 4. The number of imide groups is 2. The van der Waals surface area contributed by atoms with Crippen molar-refractivity contribution in [3.8, 4) is 17.2 Å². The minimum atomic E-state index is -4.22. The van der Waals surface area contributed by atoms with Crippen LogP contribution in [0.1, 0.15) is 23.6 Å². The zero-order valence-electron chi connectivity index (χ0n) is 24.8. The fraction of sp³-hybridized carbons (Fsp3) is 0.114. The minimum absolute atomic E-state index is 0.0430. The van der Waals surface area contributed by atoms with E-state index in [-0.39, 0.29) is 40.7 Å². The summed E-state index contributed by atoms with van der Waals surface area (Å²) < 4.78 is 43.2. The number of anilines is 1. The quantitative estimate of drug-likeness (QED) is 0.0889. The van der Waals surface area contributed by atoms with E-state index < -0.39 is 28.0 Å². The average molecular weight is 639 g/mol. The van der Waals surface area contributed by atoms with Gasteiger partial charge in [-0.3, -0.25) is 14.9 Å². The van der Waals surface area contributed by atoms with Crippen molar-refractivity contribution in [2.24, 2.45) is 0 Å². The van der Waals surface area contributed by atoms with Crippen molar-refractivity contribution in [1.29, 1.82) is 0 Å². The molecule has 1 heterocycles. The lowest BCUT2D eigenvalue weighted by Crippen LogP contribution is -2.54. The van der Waals surface area contributed by atoms with Gasteiger partial charge in [-0.25, -0.2) is 9.69 Å². The van der Waals surface area contributed by atoms with Crippen LogP contribution < -0.4 is 23.9 Å². The molecule has 1 aliphatic heterocycles. The van der Waals surface area contributed by atoms with Gasteiger partial charge in [0.2, 0.25) is 0 Å². The smallest absolute Gasteiger partial charge is 0.339 e. The topological polar surface area (TPSA) is 128 Å². The van der Waals surface area contributed by atoms with Crippen LogP contribution in [0.15, 0.2) is 120 Å². The molecule has 5 rings (SSSR count). The van der Waals surface area contributed by atoms with Crippen molar-refractivity contribution in [1.82, 2.24) is 5.32 Å². The first kappa shape index (κ1) is 31.7. The Morgan fingerprint density at radius 3 is 2.20 bits per heavy atom. The highest BCUT2D eigenvalue weighted by atomic mass is 32.2. The molecule has 1 N–H and O–H groups in total. The highest BCUT2D eigenvalue weighted by molar-refractivity contribution is 7.87. The Hall–Kier alpha value is -5.68. The van der Waals surface area contributed by atoms with E-state index in [1.807, 2.05) is 30.3 Å². The molecule has 1 fully saturated rings. The standard InChI is InChI=1S/C35H30N2O8S/c1-3-11-26-20-25(22-31(43-4-2)32(26)45-46(41,42)29-14-9-6-10-15-29)21-30-33(38)36-35(40)37(34(30)39)27-16-18-28(19-17-27)44-23-24-12-7-5-8-13-24/h3,5-10,12-22H,1,4,11,23H2,2H3,(H,36,38,40)/b30-21+. The lowest BCUT2D eigenvalue weighted by Gasteiger charge is -2.26. The van der Waals surface area contributed by atoms with Gasteiger partial charge in [0.1, 0.15) is 22.8 Å². The summed E-state index contributed by atoms with van der Waals surface area (Å²) >= 11 is 0. The zero-order valence-corrected chi connectivity index (χ0v) is 25.7. The van der Waals surface area contributed by atoms with Gasteiger partial charge in [0, 0.05) is 5.56 Å². The van der Waals surface area contributed by atoms with Crippen LogP contribution in [-0.2, 0) is 32.7 Å². The Morgan fingerprint density at radius 2 is 1.54 bits per heavy atom. The summed E-state index contributed by atoms with van der Waals surface area (Å²) in [5.41, 5.74) is 1.61. The van der Waals surface area contributed by atoms with E-state index in [0.717, 1.165) is 10.5 Å². The number of barbiturate groups is 1. The van der Waals surface area contributed by atoms with Crippen LogP contribution >= 0.6 is 0 Å². The van der Waals surface area contributed by atoms with Gasteiger partial charge in [-0.1, -0.05) is 54.6 Å². The Labute approximate surface area is 266 Å². The number of allylic oxidation sites excluding steroid dienone is 1. The molecule has 0 atom stereocenters. The molecule has 46 heavy (non-hydrogen) atoms. The highest BCUT2D eigenvalue weighted by Crippen LogP contribution is 2.37. The Bertz CT molecular complexity index is 1910. The average Bonchev–Trinajstić information content (AvgIpc) is 3.05. The van der Waals surface area contributed by atoms with Gasteiger partial charge in [0.15, 0.2) is 11.5 Å². The molecule has 0 unspecified atom stereocenters. The van der Waals surface area contributed by atoms with E-state index in [2.05, 4.69) is 11.9 Å². The zero-order chi connectivity index (χ0) is 32.7. The van der Waals surface area contributed by atoms with Crippen molar-refractivity contribution < 1.29 is 36.5 Å². The number of ether oxygens (including phenoxy) is 2.